The standard InChI is InChI=1S/C21H27FN4O/c22-16-6-2-1-4-14(16)15-5-3-7-17-20(15)21-24-19(27)12-18(26(21)25-17)13-8-10-23-11-9-13/h1-2,4,6,12-13,15,17,20-21,23,25H,3,5,7-11H2,(H,24,27). The molecule has 3 heterocycles. The molecule has 5 rings (SSSR count). The third kappa shape index (κ3) is 2.95. The largest absolute Gasteiger partial charge is 0.331 e. The van der Waals surface area contributed by atoms with Crippen LogP contribution in [0.5, 0.6) is 0 Å². The third-order valence-electron chi connectivity index (χ3n) is 6.82. The molecule has 1 aliphatic carbocycles. The Morgan fingerprint density at radius 1 is 1.07 bits per heavy atom. The SMILES string of the molecule is O=C1C=C(C2CCNCC2)N2NC3CCCC(c4ccccc4F)C3C2N1. The first kappa shape index (κ1) is 17.2. The zero-order chi connectivity index (χ0) is 18.4. The van der Waals surface area contributed by atoms with E-state index in [4.69, 9.17) is 0 Å². The van der Waals surface area contributed by atoms with Crippen LogP contribution in [0, 0.1) is 17.7 Å². The fourth-order valence-corrected chi connectivity index (χ4v) is 5.60. The lowest BCUT2D eigenvalue weighted by Gasteiger charge is -2.40. The number of nitrogens with zero attached hydrogens (tertiary/aromatic N) is 1. The number of nitrogens with one attached hydrogen (secondary N) is 3. The number of hydrazine groups is 1. The molecule has 1 amide bonds. The van der Waals surface area contributed by atoms with Crippen molar-refractivity contribution in [3.05, 3.63) is 47.4 Å². The van der Waals surface area contributed by atoms with E-state index >= 15 is 0 Å². The molecule has 1 aromatic carbocycles. The Morgan fingerprint density at radius 3 is 2.70 bits per heavy atom. The molecule has 3 N–H and O–H groups in total. The van der Waals surface area contributed by atoms with Crippen LogP contribution in [0.2, 0.25) is 0 Å². The Morgan fingerprint density at radius 2 is 1.89 bits per heavy atom. The highest BCUT2D eigenvalue weighted by Crippen LogP contribution is 2.46. The van der Waals surface area contributed by atoms with E-state index in [1.54, 1.807) is 18.2 Å². The van der Waals surface area contributed by atoms with Crippen molar-refractivity contribution in [1.29, 1.82) is 0 Å². The Bertz CT molecular complexity index is 760. The second kappa shape index (κ2) is 6.91. The summed E-state index contributed by atoms with van der Waals surface area (Å²) in [5.74, 6) is 0.576. The highest BCUT2D eigenvalue weighted by molar-refractivity contribution is 5.89. The van der Waals surface area contributed by atoms with Crippen LogP contribution < -0.4 is 16.1 Å². The molecule has 1 aromatic rings. The van der Waals surface area contributed by atoms with Gasteiger partial charge in [0.05, 0.1) is 0 Å². The molecular formula is C21H27FN4O. The minimum atomic E-state index is -0.127. The highest BCUT2D eigenvalue weighted by Gasteiger charge is 2.51. The lowest BCUT2D eigenvalue weighted by molar-refractivity contribution is -0.120. The molecule has 4 aliphatic rings. The predicted octanol–water partition coefficient (Wildman–Crippen LogP) is 2.24. The first-order chi connectivity index (χ1) is 13.2. The topological polar surface area (TPSA) is 56.4 Å². The summed E-state index contributed by atoms with van der Waals surface area (Å²) >= 11 is 0. The minimum absolute atomic E-state index is 0.00918. The van der Waals surface area contributed by atoms with Crippen LogP contribution in [0.15, 0.2) is 36.0 Å². The van der Waals surface area contributed by atoms with Crippen molar-refractivity contribution < 1.29 is 9.18 Å². The van der Waals surface area contributed by atoms with Crippen LogP contribution in [0.4, 0.5) is 4.39 Å². The number of carbonyl (C=O) groups is 1. The van der Waals surface area contributed by atoms with Gasteiger partial charge >= 0.3 is 0 Å². The van der Waals surface area contributed by atoms with Crippen LogP contribution in [-0.2, 0) is 4.79 Å². The number of piperidine rings is 1. The molecule has 144 valence electrons. The smallest absolute Gasteiger partial charge is 0.247 e. The van der Waals surface area contributed by atoms with Gasteiger partial charge in [-0.2, -0.15) is 0 Å². The first-order valence-electron chi connectivity index (χ1n) is 10.2. The zero-order valence-electron chi connectivity index (χ0n) is 15.5. The molecule has 5 nitrogen and oxygen atoms in total. The third-order valence-corrected chi connectivity index (χ3v) is 6.82. The van der Waals surface area contributed by atoms with E-state index in [0.717, 1.165) is 56.5 Å². The number of fused-ring (bicyclic) bond motifs is 3. The van der Waals surface area contributed by atoms with Crippen LogP contribution in [0.1, 0.15) is 43.6 Å². The maximum Gasteiger partial charge on any atom is 0.247 e. The summed E-state index contributed by atoms with van der Waals surface area (Å²) in [5, 5.41) is 8.79. The lowest BCUT2D eigenvalue weighted by Crippen LogP contribution is -2.54. The maximum atomic E-state index is 14.6. The number of halogens is 1. The van der Waals surface area contributed by atoms with Gasteiger partial charge in [0, 0.05) is 29.7 Å². The fraction of sp³-hybridized carbons (Fsp3) is 0.571. The van der Waals surface area contributed by atoms with E-state index in [1.807, 2.05) is 12.1 Å². The van der Waals surface area contributed by atoms with Gasteiger partial charge in [-0.25, -0.2) is 9.82 Å². The van der Waals surface area contributed by atoms with Gasteiger partial charge in [-0.3, -0.25) is 9.80 Å². The molecular weight excluding hydrogens is 343 g/mol. The Hall–Kier alpha value is -1.92. The molecule has 0 bridgehead atoms. The number of rotatable bonds is 2. The molecule has 3 fully saturated rings. The summed E-state index contributed by atoms with van der Waals surface area (Å²) in [4.78, 5) is 12.5. The molecule has 1 saturated carbocycles. The van der Waals surface area contributed by atoms with Crippen LogP contribution in [-0.4, -0.2) is 36.2 Å². The average molecular weight is 370 g/mol. The summed E-state index contributed by atoms with van der Waals surface area (Å²) < 4.78 is 14.6. The molecule has 0 spiro atoms. The number of carbonyl (C=O) groups excluding carboxylic acids is 1. The van der Waals surface area contributed by atoms with Gasteiger partial charge < -0.3 is 10.6 Å². The van der Waals surface area contributed by atoms with Crippen LogP contribution in [0.25, 0.3) is 0 Å². The van der Waals surface area contributed by atoms with E-state index in [1.165, 1.54) is 0 Å². The van der Waals surface area contributed by atoms with E-state index in [2.05, 4.69) is 21.1 Å². The van der Waals surface area contributed by atoms with Gasteiger partial charge in [0.1, 0.15) is 12.0 Å². The van der Waals surface area contributed by atoms with E-state index < -0.39 is 0 Å². The molecule has 2 saturated heterocycles. The Labute approximate surface area is 159 Å². The second-order valence-corrected chi connectivity index (χ2v) is 8.29. The number of benzene rings is 1. The predicted molar refractivity (Wildman–Crippen MR) is 101 cm³/mol. The van der Waals surface area contributed by atoms with Gasteiger partial charge in [-0.15, -0.1) is 0 Å². The van der Waals surface area contributed by atoms with Gasteiger partial charge in [0.15, 0.2) is 0 Å². The molecule has 27 heavy (non-hydrogen) atoms. The molecule has 4 unspecified atom stereocenters. The monoisotopic (exact) mass is 370 g/mol. The van der Waals surface area contributed by atoms with E-state index in [9.17, 15) is 9.18 Å². The summed E-state index contributed by atoms with van der Waals surface area (Å²) in [5.41, 5.74) is 5.60. The van der Waals surface area contributed by atoms with Crippen molar-refractivity contribution in [2.75, 3.05) is 13.1 Å². The summed E-state index contributed by atoms with van der Waals surface area (Å²) in [7, 11) is 0. The van der Waals surface area contributed by atoms with Crippen molar-refractivity contribution in [3.8, 4) is 0 Å². The lowest BCUT2D eigenvalue weighted by atomic mass is 9.71. The summed E-state index contributed by atoms with van der Waals surface area (Å²) in [6.07, 6.45) is 6.89. The molecule has 0 radical (unpaired) electrons. The summed E-state index contributed by atoms with van der Waals surface area (Å²) in [6, 6.07) is 7.41. The van der Waals surface area contributed by atoms with Gasteiger partial charge in [0.25, 0.3) is 0 Å². The van der Waals surface area contributed by atoms with Gasteiger partial charge in [-0.1, -0.05) is 24.6 Å². The van der Waals surface area contributed by atoms with E-state index in [-0.39, 0.29) is 35.8 Å². The second-order valence-electron chi connectivity index (χ2n) is 8.29. The summed E-state index contributed by atoms with van der Waals surface area (Å²) in [6.45, 7) is 1.99. The average Bonchev–Trinajstić information content (AvgIpc) is 3.07. The number of hydrogen-bond donors (Lipinski definition) is 3. The van der Waals surface area contributed by atoms with Crippen LogP contribution >= 0.6 is 0 Å². The van der Waals surface area contributed by atoms with Crippen molar-refractivity contribution in [2.24, 2.45) is 11.8 Å². The van der Waals surface area contributed by atoms with Crippen molar-refractivity contribution in [2.45, 2.75) is 50.2 Å². The minimum Gasteiger partial charge on any atom is -0.331 e. The number of hydrogen-bond acceptors (Lipinski definition) is 4. The molecule has 0 aromatic heterocycles. The first-order valence-corrected chi connectivity index (χ1v) is 10.2. The van der Waals surface area contributed by atoms with Gasteiger partial charge in [0.2, 0.25) is 5.91 Å². The van der Waals surface area contributed by atoms with Crippen molar-refractivity contribution in [3.63, 3.8) is 0 Å². The zero-order valence-corrected chi connectivity index (χ0v) is 15.5. The molecule has 3 aliphatic heterocycles. The maximum absolute atomic E-state index is 14.6. The van der Waals surface area contributed by atoms with E-state index in [0.29, 0.717) is 5.92 Å². The highest BCUT2D eigenvalue weighted by atomic mass is 19.1. The molecule has 4 atom stereocenters. The Balaban J connectivity index is 1.48. The Kier molecular flexibility index (Phi) is 4.40. The van der Waals surface area contributed by atoms with Crippen LogP contribution in [0.3, 0.4) is 0 Å². The normalized spacial score (nSPS) is 33.9. The van der Waals surface area contributed by atoms with Gasteiger partial charge in [-0.05, 0) is 56.3 Å². The fourth-order valence-electron chi connectivity index (χ4n) is 5.60. The number of amides is 1. The molecule has 6 heteroatoms. The quantitative estimate of drug-likeness (QED) is 0.747. The number of allylic oxidation sites excluding steroid dienone is 1. The van der Waals surface area contributed by atoms with Crippen molar-refractivity contribution >= 4 is 5.91 Å². The van der Waals surface area contributed by atoms with Crippen molar-refractivity contribution in [1.82, 2.24) is 21.1 Å².